The van der Waals surface area contributed by atoms with Gasteiger partial charge in [0.1, 0.15) is 17.2 Å². The molecule has 0 bridgehead atoms. The second-order valence-electron chi connectivity index (χ2n) is 6.51. The number of benzene rings is 1. The number of aryl methyl sites for hydroxylation is 2. The van der Waals surface area contributed by atoms with Crippen LogP contribution in [0.15, 0.2) is 24.3 Å². The van der Waals surface area contributed by atoms with E-state index in [4.69, 9.17) is 4.74 Å². The predicted molar refractivity (Wildman–Crippen MR) is 99.0 cm³/mol. The number of carbonyl (C=O) groups excluding carboxylic acids is 1. The van der Waals surface area contributed by atoms with E-state index in [9.17, 15) is 4.79 Å². The second kappa shape index (κ2) is 8.29. The highest BCUT2D eigenvalue weighted by Crippen LogP contribution is 2.22. The van der Waals surface area contributed by atoms with Gasteiger partial charge in [0.2, 0.25) is 0 Å². The molecule has 0 N–H and O–H groups in total. The lowest BCUT2D eigenvalue weighted by Gasteiger charge is -2.17. The minimum absolute atomic E-state index is 0.0212. The molecule has 24 heavy (non-hydrogen) atoms. The van der Waals surface area contributed by atoms with Crippen molar-refractivity contribution in [2.75, 3.05) is 20.2 Å². The third-order valence-corrected chi connectivity index (χ3v) is 4.82. The summed E-state index contributed by atoms with van der Waals surface area (Å²) in [5.74, 6) is 1.40. The van der Waals surface area contributed by atoms with Crippen LogP contribution in [0.25, 0.3) is 0 Å². The van der Waals surface area contributed by atoms with E-state index in [2.05, 4.69) is 18.8 Å². The summed E-state index contributed by atoms with van der Waals surface area (Å²) in [6.07, 6.45) is 0.916. The Morgan fingerprint density at radius 1 is 1.33 bits per heavy atom. The van der Waals surface area contributed by atoms with Crippen LogP contribution in [-0.4, -0.2) is 36.0 Å². The van der Waals surface area contributed by atoms with Crippen molar-refractivity contribution in [3.05, 3.63) is 45.4 Å². The number of thiazole rings is 1. The fourth-order valence-corrected chi connectivity index (χ4v) is 3.64. The van der Waals surface area contributed by atoms with Crippen molar-refractivity contribution in [2.45, 2.75) is 34.1 Å². The molecule has 5 heteroatoms. The average molecular weight is 346 g/mol. The highest BCUT2D eigenvalue weighted by atomic mass is 32.1. The molecular formula is C19H26N2O2S. The van der Waals surface area contributed by atoms with Crippen LogP contribution < -0.4 is 4.74 Å². The summed E-state index contributed by atoms with van der Waals surface area (Å²) in [4.78, 5) is 19.6. The van der Waals surface area contributed by atoms with Gasteiger partial charge in [0.15, 0.2) is 0 Å². The molecule has 0 aliphatic rings. The van der Waals surface area contributed by atoms with Crippen LogP contribution in [0.1, 0.15) is 39.8 Å². The van der Waals surface area contributed by atoms with Crippen LogP contribution in [0.2, 0.25) is 0 Å². The largest absolute Gasteiger partial charge is 0.492 e. The molecule has 0 fully saturated rings. The Balaban J connectivity index is 1.91. The fraction of sp³-hybridized carbons (Fsp3) is 0.474. The Kier molecular flexibility index (Phi) is 6.37. The van der Waals surface area contributed by atoms with Crippen molar-refractivity contribution in [1.29, 1.82) is 0 Å². The van der Waals surface area contributed by atoms with E-state index in [1.807, 2.05) is 45.2 Å². The first-order valence-electron chi connectivity index (χ1n) is 8.28. The van der Waals surface area contributed by atoms with Gasteiger partial charge in [-0.1, -0.05) is 26.0 Å². The molecular weight excluding hydrogens is 320 g/mol. The Morgan fingerprint density at radius 2 is 2.08 bits per heavy atom. The topological polar surface area (TPSA) is 42.4 Å². The number of likely N-dealkylation sites (N-methyl/N-ethyl adjacent to an activating group) is 1. The summed E-state index contributed by atoms with van der Waals surface area (Å²) in [5.41, 5.74) is 1.99. The van der Waals surface area contributed by atoms with Gasteiger partial charge in [-0.05, 0) is 37.5 Å². The molecule has 0 aliphatic carbocycles. The number of rotatable bonds is 7. The Labute approximate surface area is 148 Å². The molecule has 130 valence electrons. The van der Waals surface area contributed by atoms with Gasteiger partial charge >= 0.3 is 0 Å². The summed E-state index contributed by atoms with van der Waals surface area (Å²) in [5, 5.41) is 1.04. The van der Waals surface area contributed by atoms with Gasteiger partial charge in [-0.2, -0.15) is 0 Å². The van der Waals surface area contributed by atoms with Gasteiger partial charge < -0.3 is 9.64 Å². The first kappa shape index (κ1) is 18.5. The van der Waals surface area contributed by atoms with Crippen molar-refractivity contribution in [1.82, 2.24) is 9.88 Å². The third kappa shape index (κ3) is 5.06. The number of amides is 1. The molecule has 1 aromatic heterocycles. The Hall–Kier alpha value is -1.88. The summed E-state index contributed by atoms with van der Waals surface area (Å²) in [6, 6.07) is 7.92. The lowest BCUT2D eigenvalue weighted by Crippen LogP contribution is -2.30. The lowest BCUT2D eigenvalue weighted by atomic mass is 10.1. The number of nitrogens with zero attached hydrogens (tertiary/aromatic N) is 2. The summed E-state index contributed by atoms with van der Waals surface area (Å²) in [6.45, 7) is 9.28. The Bertz CT molecular complexity index is 694. The predicted octanol–water partition coefficient (Wildman–Crippen LogP) is 4.11. The minimum Gasteiger partial charge on any atom is -0.492 e. The first-order chi connectivity index (χ1) is 11.4. The number of hydrogen-bond donors (Lipinski definition) is 0. The smallest absolute Gasteiger partial charge is 0.265 e. The molecule has 0 atom stereocenters. The van der Waals surface area contributed by atoms with E-state index in [1.54, 1.807) is 4.90 Å². The van der Waals surface area contributed by atoms with Crippen LogP contribution in [0.4, 0.5) is 0 Å². The number of carbonyl (C=O) groups is 1. The molecule has 1 amide bonds. The molecule has 0 spiro atoms. The standard InChI is InChI=1S/C19H26N2O2S/c1-13(2)11-17-20-15(4)18(24-17)19(22)21(5)9-10-23-16-8-6-7-14(3)12-16/h6-8,12-13H,9-11H2,1-5H3. The van der Waals surface area contributed by atoms with E-state index in [0.717, 1.165) is 33.3 Å². The maximum atomic E-state index is 12.6. The molecule has 2 rings (SSSR count). The molecule has 0 saturated carbocycles. The highest BCUT2D eigenvalue weighted by Gasteiger charge is 2.19. The SMILES string of the molecule is Cc1cccc(OCCN(C)C(=O)c2sc(CC(C)C)nc2C)c1. The fourth-order valence-electron chi connectivity index (χ4n) is 2.37. The van der Waals surface area contributed by atoms with Crippen LogP contribution in [-0.2, 0) is 6.42 Å². The minimum atomic E-state index is 0.0212. The monoisotopic (exact) mass is 346 g/mol. The maximum Gasteiger partial charge on any atom is 0.265 e. The van der Waals surface area contributed by atoms with Crippen molar-refractivity contribution in [2.24, 2.45) is 5.92 Å². The van der Waals surface area contributed by atoms with Crippen LogP contribution >= 0.6 is 11.3 Å². The van der Waals surface area contributed by atoms with Gasteiger partial charge in [0.25, 0.3) is 5.91 Å². The van der Waals surface area contributed by atoms with Crippen molar-refractivity contribution < 1.29 is 9.53 Å². The van der Waals surface area contributed by atoms with Gasteiger partial charge in [-0.3, -0.25) is 4.79 Å². The first-order valence-corrected chi connectivity index (χ1v) is 9.09. The molecule has 2 aromatic rings. The molecule has 0 aliphatic heterocycles. The van der Waals surface area contributed by atoms with Gasteiger partial charge in [0.05, 0.1) is 17.2 Å². The van der Waals surface area contributed by atoms with Crippen molar-refractivity contribution >= 4 is 17.2 Å². The highest BCUT2D eigenvalue weighted by molar-refractivity contribution is 7.13. The van der Waals surface area contributed by atoms with Gasteiger partial charge in [-0.15, -0.1) is 11.3 Å². The third-order valence-electron chi connectivity index (χ3n) is 3.65. The van der Waals surface area contributed by atoms with Crippen LogP contribution in [0.5, 0.6) is 5.75 Å². The number of hydrogen-bond acceptors (Lipinski definition) is 4. The molecule has 0 unspecified atom stereocenters. The second-order valence-corrected chi connectivity index (χ2v) is 7.60. The zero-order valence-electron chi connectivity index (χ0n) is 15.1. The number of ether oxygens (including phenoxy) is 1. The van der Waals surface area contributed by atoms with Crippen molar-refractivity contribution in [3.63, 3.8) is 0 Å². The van der Waals surface area contributed by atoms with Crippen LogP contribution in [0, 0.1) is 19.8 Å². The lowest BCUT2D eigenvalue weighted by molar-refractivity contribution is 0.0777. The zero-order chi connectivity index (χ0) is 17.7. The average Bonchev–Trinajstić information content (AvgIpc) is 2.86. The van der Waals surface area contributed by atoms with E-state index in [-0.39, 0.29) is 5.91 Å². The van der Waals surface area contributed by atoms with Crippen molar-refractivity contribution in [3.8, 4) is 5.75 Å². The quantitative estimate of drug-likeness (QED) is 0.758. The van der Waals surface area contributed by atoms with E-state index in [0.29, 0.717) is 19.1 Å². The molecule has 0 radical (unpaired) electrons. The van der Waals surface area contributed by atoms with E-state index in [1.165, 1.54) is 11.3 Å². The normalized spacial score (nSPS) is 10.9. The Morgan fingerprint density at radius 3 is 2.75 bits per heavy atom. The van der Waals surface area contributed by atoms with Crippen LogP contribution in [0.3, 0.4) is 0 Å². The number of aromatic nitrogens is 1. The molecule has 4 nitrogen and oxygen atoms in total. The summed E-state index contributed by atoms with van der Waals surface area (Å²) < 4.78 is 5.73. The van der Waals surface area contributed by atoms with Gasteiger partial charge in [0, 0.05) is 13.5 Å². The maximum absolute atomic E-state index is 12.6. The summed E-state index contributed by atoms with van der Waals surface area (Å²) >= 11 is 1.51. The zero-order valence-corrected chi connectivity index (χ0v) is 15.9. The molecule has 0 saturated heterocycles. The molecule has 1 aromatic carbocycles. The van der Waals surface area contributed by atoms with Gasteiger partial charge in [-0.25, -0.2) is 4.98 Å². The molecule has 1 heterocycles. The van der Waals surface area contributed by atoms with E-state index < -0.39 is 0 Å². The summed E-state index contributed by atoms with van der Waals surface area (Å²) in [7, 11) is 1.81. The van der Waals surface area contributed by atoms with E-state index >= 15 is 0 Å².